The molecular weight excluding hydrogens is 406 g/mol. The van der Waals surface area contributed by atoms with Crippen LogP contribution in [0.2, 0.25) is 0 Å². The first-order chi connectivity index (χ1) is 14.0. The molecule has 0 saturated heterocycles. The molecule has 1 aromatic carbocycles. The highest BCUT2D eigenvalue weighted by atomic mass is 35.5. The van der Waals surface area contributed by atoms with Gasteiger partial charge in [-0.25, -0.2) is 9.67 Å². The summed E-state index contributed by atoms with van der Waals surface area (Å²) in [7, 11) is 3.56. The number of primary amides is 1. The highest BCUT2D eigenvalue weighted by Crippen LogP contribution is 2.34. The van der Waals surface area contributed by atoms with Crippen molar-refractivity contribution in [2.75, 3.05) is 7.11 Å². The zero-order valence-electron chi connectivity index (χ0n) is 16.9. The number of halogens is 1. The molecule has 0 radical (unpaired) electrons. The van der Waals surface area contributed by atoms with Gasteiger partial charge in [0.1, 0.15) is 11.5 Å². The van der Waals surface area contributed by atoms with Crippen LogP contribution in [-0.4, -0.2) is 49.7 Å². The Morgan fingerprint density at radius 1 is 1.23 bits per heavy atom. The molecule has 10 heteroatoms. The first kappa shape index (κ1) is 21.9. The number of hydrogen-bond acceptors (Lipinski definition) is 6. The van der Waals surface area contributed by atoms with E-state index >= 15 is 0 Å². The van der Waals surface area contributed by atoms with Gasteiger partial charge in [-0.2, -0.15) is 5.10 Å². The number of aryl methyl sites for hydroxylation is 1. The highest BCUT2D eigenvalue weighted by Gasteiger charge is 2.32. The maximum absolute atomic E-state index is 11.3. The summed E-state index contributed by atoms with van der Waals surface area (Å²) in [5, 5.41) is 9.02. The van der Waals surface area contributed by atoms with Gasteiger partial charge in [0, 0.05) is 37.2 Å². The number of hydrogen-bond donors (Lipinski definition) is 2. The number of carbonyl (C=O) groups excluding carboxylic acids is 1. The van der Waals surface area contributed by atoms with Crippen LogP contribution in [0.1, 0.15) is 41.4 Å². The van der Waals surface area contributed by atoms with E-state index in [1.165, 1.54) is 0 Å². The van der Waals surface area contributed by atoms with Crippen LogP contribution in [0.5, 0.6) is 0 Å². The number of methoxy groups -OCH3 is 1. The third kappa shape index (κ3) is 4.23. The van der Waals surface area contributed by atoms with E-state index in [1.54, 1.807) is 30.1 Å². The lowest BCUT2D eigenvalue weighted by molar-refractivity contribution is 0.0459. The SMILES string of the molecule is CO[C@@H]1C[C@@H](c2nc(-c3ccc(C(N)=O)cc3)nn2-c2cnn(C)c2)CC[C@H]1N.Cl. The van der Waals surface area contributed by atoms with E-state index in [-0.39, 0.29) is 30.5 Å². The summed E-state index contributed by atoms with van der Waals surface area (Å²) in [6, 6.07) is 7.01. The molecule has 1 saturated carbocycles. The standard InChI is InChI=1S/C20H25N7O2.ClH/c1-26-11-15(10-23-26)27-20(14-7-8-16(21)17(9-14)29-2)24-19(25-27)13-5-3-12(4-6-13)18(22)28;/h3-6,10-11,14,16-17H,7-9,21H2,1-2H3,(H2,22,28);1H/t14-,16+,17+;/m0./s1. The largest absolute Gasteiger partial charge is 0.380 e. The number of amides is 1. The summed E-state index contributed by atoms with van der Waals surface area (Å²) in [4.78, 5) is 16.2. The van der Waals surface area contributed by atoms with E-state index in [0.717, 1.165) is 36.3 Å². The van der Waals surface area contributed by atoms with Crippen molar-refractivity contribution in [2.24, 2.45) is 18.5 Å². The van der Waals surface area contributed by atoms with Crippen molar-refractivity contribution in [2.45, 2.75) is 37.3 Å². The number of ether oxygens (including phenoxy) is 1. The molecule has 0 spiro atoms. The van der Waals surface area contributed by atoms with Gasteiger partial charge in [-0.3, -0.25) is 9.48 Å². The predicted molar refractivity (Wildman–Crippen MR) is 115 cm³/mol. The smallest absolute Gasteiger partial charge is 0.248 e. The predicted octanol–water partition coefficient (Wildman–Crippen LogP) is 1.80. The zero-order chi connectivity index (χ0) is 20.5. The first-order valence-electron chi connectivity index (χ1n) is 9.61. The van der Waals surface area contributed by atoms with Gasteiger partial charge in [-0.15, -0.1) is 17.5 Å². The van der Waals surface area contributed by atoms with Crippen molar-refractivity contribution in [3.05, 3.63) is 48.0 Å². The zero-order valence-corrected chi connectivity index (χ0v) is 17.7. The van der Waals surface area contributed by atoms with Gasteiger partial charge >= 0.3 is 0 Å². The Bertz CT molecular complexity index is 1010. The molecule has 0 bridgehead atoms. The third-order valence-electron chi connectivity index (χ3n) is 5.51. The maximum Gasteiger partial charge on any atom is 0.248 e. The van der Waals surface area contributed by atoms with Crippen LogP contribution in [0, 0.1) is 0 Å². The number of rotatable bonds is 5. The Morgan fingerprint density at radius 3 is 2.57 bits per heavy atom. The van der Waals surface area contributed by atoms with Gasteiger partial charge in [-0.05, 0) is 31.4 Å². The van der Waals surface area contributed by atoms with Crippen molar-refractivity contribution in [3.8, 4) is 17.1 Å². The molecule has 2 aromatic heterocycles. The molecule has 30 heavy (non-hydrogen) atoms. The lowest BCUT2D eigenvalue weighted by Gasteiger charge is -2.32. The Balaban J connectivity index is 0.00000256. The van der Waals surface area contributed by atoms with Crippen LogP contribution in [0.15, 0.2) is 36.7 Å². The van der Waals surface area contributed by atoms with Crippen LogP contribution < -0.4 is 11.5 Å². The van der Waals surface area contributed by atoms with Gasteiger partial charge in [0.2, 0.25) is 5.91 Å². The van der Waals surface area contributed by atoms with Crippen molar-refractivity contribution in [1.29, 1.82) is 0 Å². The Labute approximate surface area is 180 Å². The van der Waals surface area contributed by atoms with Crippen molar-refractivity contribution >= 4 is 18.3 Å². The first-order valence-corrected chi connectivity index (χ1v) is 9.61. The van der Waals surface area contributed by atoms with Crippen LogP contribution in [0.3, 0.4) is 0 Å². The molecule has 0 aliphatic heterocycles. The summed E-state index contributed by atoms with van der Waals surface area (Å²) in [6.45, 7) is 0. The molecule has 4 N–H and O–H groups in total. The summed E-state index contributed by atoms with van der Waals surface area (Å²) in [5.74, 6) is 1.16. The second kappa shape index (κ2) is 8.95. The molecule has 160 valence electrons. The van der Waals surface area contributed by atoms with E-state index in [1.807, 2.05) is 30.1 Å². The average Bonchev–Trinajstić information content (AvgIpc) is 3.35. The molecule has 3 atom stereocenters. The summed E-state index contributed by atoms with van der Waals surface area (Å²) in [6.07, 6.45) is 6.23. The maximum atomic E-state index is 11.3. The minimum Gasteiger partial charge on any atom is -0.380 e. The molecule has 3 aromatic rings. The van der Waals surface area contributed by atoms with E-state index in [9.17, 15) is 4.79 Å². The molecule has 0 unspecified atom stereocenters. The van der Waals surface area contributed by atoms with Gasteiger partial charge in [0.05, 0.1) is 18.5 Å². The fourth-order valence-electron chi connectivity index (χ4n) is 3.86. The molecule has 2 heterocycles. The number of benzene rings is 1. The van der Waals surface area contributed by atoms with Crippen LogP contribution in [0.25, 0.3) is 17.1 Å². The topological polar surface area (TPSA) is 127 Å². The van der Waals surface area contributed by atoms with E-state index in [2.05, 4.69) is 5.10 Å². The Hall–Kier alpha value is -2.75. The second-order valence-electron chi connectivity index (χ2n) is 7.47. The van der Waals surface area contributed by atoms with Crippen molar-refractivity contribution in [3.63, 3.8) is 0 Å². The molecule has 1 aliphatic carbocycles. The Morgan fingerprint density at radius 2 is 1.97 bits per heavy atom. The number of nitrogens with two attached hydrogens (primary N) is 2. The monoisotopic (exact) mass is 431 g/mol. The molecule has 1 amide bonds. The lowest BCUT2D eigenvalue weighted by Crippen LogP contribution is -2.41. The van der Waals surface area contributed by atoms with Crippen LogP contribution in [0.4, 0.5) is 0 Å². The van der Waals surface area contributed by atoms with Crippen LogP contribution >= 0.6 is 12.4 Å². The normalized spacial score (nSPS) is 21.2. The highest BCUT2D eigenvalue weighted by molar-refractivity contribution is 5.93. The second-order valence-corrected chi connectivity index (χ2v) is 7.47. The minimum atomic E-state index is -0.463. The van der Waals surface area contributed by atoms with E-state index in [4.69, 9.17) is 26.3 Å². The fourth-order valence-corrected chi connectivity index (χ4v) is 3.86. The Kier molecular flexibility index (Phi) is 6.55. The number of aromatic nitrogens is 5. The molecule has 4 rings (SSSR count). The van der Waals surface area contributed by atoms with Crippen LogP contribution in [-0.2, 0) is 11.8 Å². The lowest BCUT2D eigenvalue weighted by atomic mass is 9.83. The summed E-state index contributed by atoms with van der Waals surface area (Å²) >= 11 is 0. The number of nitrogens with zero attached hydrogens (tertiary/aromatic N) is 5. The van der Waals surface area contributed by atoms with E-state index < -0.39 is 5.91 Å². The van der Waals surface area contributed by atoms with E-state index in [0.29, 0.717) is 11.4 Å². The fraction of sp³-hybridized carbons (Fsp3) is 0.400. The summed E-state index contributed by atoms with van der Waals surface area (Å²) < 4.78 is 9.17. The van der Waals surface area contributed by atoms with Crippen molar-refractivity contribution < 1.29 is 9.53 Å². The molecule has 1 aliphatic rings. The molecule has 9 nitrogen and oxygen atoms in total. The molecule has 1 fully saturated rings. The quantitative estimate of drug-likeness (QED) is 0.634. The minimum absolute atomic E-state index is 0. The van der Waals surface area contributed by atoms with Gasteiger partial charge in [-0.1, -0.05) is 12.1 Å². The number of carbonyl (C=O) groups is 1. The third-order valence-corrected chi connectivity index (χ3v) is 5.51. The summed E-state index contributed by atoms with van der Waals surface area (Å²) in [5.41, 5.74) is 13.6. The van der Waals surface area contributed by atoms with Crippen molar-refractivity contribution in [1.82, 2.24) is 24.5 Å². The van der Waals surface area contributed by atoms with Gasteiger partial charge < -0.3 is 16.2 Å². The molecular formula is C20H26ClN7O2. The van der Waals surface area contributed by atoms with Gasteiger partial charge in [0.15, 0.2) is 5.82 Å². The van der Waals surface area contributed by atoms with Gasteiger partial charge in [0.25, 0.3) is 0 Å². The average molecular weight is 432 g/mol.